The SMILES string of the molecule is CC(C)(C)OC(=O)N1CCC(COc2ccc(N)cn2)C1. The normalized spacial score (nSPS) is 18.6. The molecule has 1 atom stereocenters. The molecule has 2 heterocycles. The number of rotatable bonds is 3. The fraction of sp³-hybridized carbons (Fsp3) is 0.600. The molecule has 1 aliphatic heterocycles. The predicted molar refractivity (Wildman–Crippen MR) is 80.1 cm³/mol. The number of nitrogens with zero attached hydrogens (tertiary/aromatic N) is 2. The number of likely N-dealkylation sites (tertiary alicyclic amines) is 1. The fourth-order valence-electron chi connectivity index (χ4n) is 2.14. The minimum absolute atomic E-state index is 0.254. The quantitative estimate of drug-likeness (QED) is 0.925. The van der Waals surface area contributed by atoms with Gasteiger partial charge in [0, 0.05) is 25.1 Å². The molecule has 1 amide bonds. The number of hydrogen-bond acceptors (Lipinski definition) is 5. The van der Waals surface area contributed by atoms with Crippen molar-refractivity contribution in [1.82, 2.24) is 9.88 Å². The van der Waals surface area contributed by atoms with E-state index in [1.54, 1.807) is 23.2 Å². The first-order valence-electron chi connectivity index (χ1n) is 7.16. The molecule has 1 fully saturated rings. The van der Waals surface area contributed by atoms with Gasteiger partial charge in [0.25, 0.3) is 0 Å². The van der Waals surface area contributed by atoms with Crippen LogP contribution in [0.5, 0.6) is 5.88 Å². The third-order valence-electron chi connectivity index (χ3n) is 3.16. The van der Waals surface area contributed by atoms with Crippen LogP contribution in [0.4, 0.5) is 10.5 Å². The maximum absolute atomic E-state index is 12.0. The maximum Gasteiger partial charge on any atom is 0.410 e. The Labute approximate surface area is 125 Å². The summed E-state index contributed by atoms with van der Waals surface area (Å²) < 4.78 is 11.0. The van der Waals surface area contributed by atoms with Gasteiger partial charge in [-0.2, -0.15) is 0 Å². The first kappa shape index (κ1) is 15.4. The van der Waals surface area contributed by atoms with Crippen molar-refractivity contribution in [2.24, 2.45) is 5.92 Å². The molecule has 6 heteroatoms. The van der Waals surface area contributed by atoms with E-state index in [1.807, 2.05) is 20.8 Å². The van der Waals surface area contributed by atoms with Crippen LogP contribution in [0, 0.1) is 5.92 Å². The van der Waals surface area contributed by atoms with Gasteiger partial charge in [-0.3, -0.25) is 0 Å². The molecule has 0 spiro atoms. The summed E-state index contributed by atoms with van der Waals surface area (Å²) in [6.07, 6.45) is 2.22. The Morgan fingerprint density at radius 1 is 1.48 bits per heavy atom. The topological polar surface area (TPSA) is 77.7 Å². The van der Waals surface area contributed by atoms with Crippen molar-refractivity contribution in [1.29, 1.82) is 0 Å². The molecule has 6 nitrogen and oxygen atoms in total. The van der Waals surface area contributed by atoms with Crippen LogP contribution in [-0.4, -0.2) is 41.3 Å². The van der Waals surface area contributed by atoms with Gasteiger partial charge in [0.05, 0.1) is 18.5 Å². The molecule has 0 saturated carbocycles. The van der Waals surface area contributed by atoms with E-state index in [2.05, 4.69) is 4.98 Å². The molecular formula is C15H23N3O3. The average molecular weight is 293 g/mol. The first-order chi connectivity index (χ1) is 9.83. The summed E-state index contributed by atoms with van der Waals surface area (Å²) in [7, 11) is 0. The summed E-state index contributed by atoms with van der Waals surface area (Å²) in [6, 6.07) is 3.50. The predicted octanol–water partition coefficient (Wildman–Crippen LogP) is 2.30. The molecule has 1 unspecified atom stereocenters. The third-order valence-corrected chi connectivity index (χ3v) is 3.16. The molecular weight excluding hydrogens is 270 g/mol. The van der Waals surface area contributed by atoms with E-state index < -0.39 is 5.60 Å². The van der Waals surface area contributed by atoms with Crippen molar-refractivity contribution in [2.45, 2.75) is 32.8 Å². The van der Waals surface area contributed by atoms with Crippen LogP contribution in [0.2, 0.25) is 0 Å². The largest absolute Gasteiger partial charge is 0.477 e. The second-order valence-electron chi connectivity index (χ2n) is 6.32. The highest BCUT2D eigenvalue weighted by Gasteiger charge is 2.30. The molecule has 1 saturated heterocycles. The van der Waals surface area contributed by atoms with E-state index >= 15 is 0 Å². The van der Waals surface area contributed by atoms with Gasteiger partial charge in [0.1, 0.15) is 5.60 Å². The molecule has 0 bridgehead atoms. The number of nitrogens with two attached hydrogens (primary N) is 1. The fourth-order valence-corrected chi connectivity index (χ4v) is 2.14. The van der Waals surface area contributed by atoms with Gasteiger partial charge in [-0.15, -0.1) is 0 Å². The maximum atomic E-state index is 12.0. The molecule has 2 N–H and O–H groups in total. The number of anilines is 1. The van der Waals surface area contributed by atoms with Crippen LogP contribution in [0.1, 0.15) is 27.2 Å². The van der Waals surface area contributed by atoms with Gasteiger partial charge in [-0.25, -0.2) is 9.78 Å². The first-order valence-corrected chi connectivity index (χ1v) is 7.16. The molecule has 116 valence electrons. The van der Waals surface area contributed by atoms with Crippen LogP contribution in [-0.2, 0) is 4.74 Å². The zero-order valence-corrected chi connectivity index (χ0v) is 12.8. The van der Waals surface area contributed by atoms with E-state index in [1.165, 1.54) is 0 Å². The van der Waals surface area contributed by atoms with Gasteiger partial charge in [0.15, 0.2) is 0 Å². The summed E-state index contributed by atoms with van der Waals surface area (Å²) in [6.45, 7) is 7.51. The number of aromatic nitrogens is 1. The number of carbonyl (C=O) groups excluding carboxylic acids is 1. The number of carbonyl (C=O) groups is 1. The van der Waals surface area contributed by atoms with E-state index in [0.29, 0.717) is 37.2 Å². The van der Waals surface area contributed by atoms with Crippen LogP contribution in [0.25, 0.3) is 0 Å². The standard InChI is InChI=1S/C15H23N3O3/c1-15(2,3)21-14(19)18-7-6-11(9-18)10-20-13-5-4-12(16)8-17-13/h4-5,8,11H,6-7,9-10,16H2,1-3H3. The monoisotopic (exact) mass is 293 g/mol. The van der Waals surface area contributed by atoms with Gasteiger partial charge < -0.3 is 20.1 Å². The van der Waals surface area contributed by atoms with E-state index in [4.69, 9.17) is 15.2 Å². The minimum atomic E-state index is -0.459. The number of ether oxygens (including phenoxy) is 2. The lowest BCUT2D eigenvalue weighted by Gasteiger charge is -2.24. The van der Waals surface area contributed by atoms with E-state index in [-0.39, 0.29) is 6.09 Å². The lowest BCUT2D eigenvalue weighted by molar-refractivity contribution is 0.0284. The Balaban J connectivity index is 1.77. The lowest BCUT2D eigenvalue weighted by atomic mass is 10.1. The highest BCUT2D eigenvalue weighted by Crippen LogP contribution is 2.20. The molecule has 0 aromatic carbocycles. The van der Waals surface area contributed by atoms with Gasteiger partial charge in [-0.05, 0) is 33.3 Å². The van der Waals surface area contributed by atoms with Gasteiger partial charge in [-0.1, -0.05) is 0 Å². The highest BCUT2D eigenvalue weighted by atomic mass is 16.6. The van der Waals surface area contributed by atoms with Gasteiger partial charge >= 0.3 is 6.09 Å². The van der Waals surface area contributed by atoms with Crippen LogP contribution < -0.4 is 10.5 Å². The molecule has 2 rings (SSSR count). The average Bonchev–Trinajstić information content (AvgIpc) is 2.85. The van der Waals surface area contributed by atoms with Crippen LogP contribution in [0.15, 0.2) is 18.3 Å². The Bertz CT molecular complexity index is 482. The van der Waals surface area contributed by atoms with Crippen molar-refractivity contribution in [3.05, 3.63) is 18.3 Å². The summed E-state index contributed by atoms with van der Waals surface area (Å²) >= 11 is 0. The number of hydrogen-bond donors (Lipinski definition) is 1. The minimum Gasteiger partial charge on any atom is -0.477 e. The number of pyridine rings is 1. The molecule has 0 radical (unpaired) electrons. The van der Waals surface area contributed by atoms with Crippen LogP contribution in [0.3, 0.4) is 0 Å². The van der Waals surface area contributed by atoms with Crippen molar-refractivity contribution in [3.63, 3.8) is 0 Å². The van der Waals surface area contributed by atoms with Crippen molar-refractivity contribution < 1.29 is 14.3 Å². The van der Waals surface area contributed by atoms with E-state index in [9.17, 15) is 4.79 Å². The summed E-state index contributed by atoms with van der Waals surface area (Å²) in [4.78, 5) is 17.8. The van der Waals surface area contributed by atoms with Crippen LogP contribution >= 0.6 is 0 Å². The Morgan fingerprint density at radius 2 is 2.24 bits per heavy atom. The van der Waals surface area contributed by atoms with Gasteiger partial charge in [0.2, 0.25) is 5.88 Å². The van der Waals surface area contributed by atoms with E-state index in [0.717, 1.165) is 6.42 Å². The second-order valence-corrected chi connectivity index (χ2v) is 6.32. The summed E-state index contributed by atoms with van der Waals surface area (Å²) in [5.41, 5.74) is 5.72. The second kappa shape index (κ2) is 6.20. The summed E-state index contributed by atoms with van der Waals surface area (Å²) in [5, 5.41) is 0. The van der Waals surface area contributed by atoms with Crippen molar-refractivity contribution >= 4 is 11.8 Å². The highest BCUT2D eigenvalue weighted by molar-refractivity contribution is 5.68. The molecule has 1 aromatic rings. The molecule has 21 heavy (non-hydrogen) atoms. The number of nitrogen functional groups attached to an aromatic ring is 1. The molecule has 0 aliphatic carbocycles. The zero-order chi connectivity index (χ0) is 15.5. The summed E-state index contributed by atoms with van der Waals surface area (Å²) in [5.74, 6) is 0.858. The third kappa shape index (κ3) is 4.81. The van der Waals surface area contributed by atoms with Crippen molar-refractivity contribution in [3.8, 4) is 5.88 Å². The molecule has 1 aliphatic rings. The Hall–Kier alpha value is -1.98. The molecule has 1 aromatic heterocycles. The Kier molecular flexibility index (Phi) is 4.55. The Morgan fingerprint density at radius 3 is 2.86 bits per heavy atom. The smallest absolute Gasteiger partial charge is 0.410 e. The zero-order valence-electron chi connectivity index (χ0n) is 12.8. The lowest BCUT2D eigenvalue weighted by Crippen LogP contribution is -2.35. The van der Waals surface area contributed by atoms with Crippen molar-refractivity contribution in [2.75, 3.05) is 25.4 Å². The number of amides is 1.